The first-order valence-corrected chi connectivity index (χ1v) is 7.98. The van der Waals surface area contributed by atoms with E-state index < -0.39 is 0 Å². The van der Waals surface area contributed by atoms with E-state index in [0.29, 0.717) is 17.7 Å². The highest BCUT2D eigenvalue weighted by Crippen LogP contribution is 2.18. The maximum Gasteiger partial charge on any atom is 0.330 e. The molecule has 0 aliphatic rings. The molecule has 0 spiro atoms. The van der Waals surface area contributed by atoms with Crippen molar-refractivity contribution in [3.05, 3.63) is 64.1 Å². The summed E-state index contributed by atoms with van der Waals surface area (Å²) in [5.41, 5.74) is 2.82. The normalized spacial score (nSPS) is 11.3. The molecule has 25 heavy (non-hydrogen) atoms. The third-order valence-corrected chi connectivity index (χ3v) is 4.02. The molecule has 0 radical (unpaired) electrons. The summed E-state index contributed by atoms with van der Waals surface area (Å²) in [5.74, 6) is 0. The molecule has 3 aromatic rings. The SMILES string of the molecule is C=NN(/C=C\C)c1ccc(Cn2c(=O)n(C)c3cnc(Cl)nc32)cc1. The molecule has 0 atom stereocenters. The summed E-state index contributed by atoms with van der Waals surface area (Å²) in [6.07, 6.45) is 5.24. The Bertz CT molecular complexity index is 1000. The Morgan fingerprint density at radius 1 is 1.36 bits per heavy atom. The zero-order valence-corrected chi connectivity index (χ0v) is 14.7. The number of nitrogens with zero attached hydrogens (tertiary/aromatic N) is 6. The van der Waals surface area contributed by atoms with Gasteiger partial charge in [0.25, 0.3) is 0 Å². The van der Waals surface area contributed by atoms with Crippen molar-refractivity contribution in [3.63, 3.8) is 0 Å². The highest BCUT2D eigenvalue weighted by Gasteiger charge is 2.13. The first-order valence-electron chi connectivity index (χ1n) is 7.60. The van der Waals surface area contributed by atoms with Crippen molar-refractivity contribution in [1.29, 1.82) is 0 Å². The van der Waals surface area contributed by atoms with Gasteiger partial charge in [0.1, 0.15) is 5.52 Å². The van der Waals surface area contributed by atoms with Crippen molar-refractivity contribution in [2.24, 2.45) is 12.1 Å². The van der Waals surface area contributed by atoms with Crippen molar-refractivity contribution in [1.82, 2.24) is 19.1 Å². The standard InChI is InChI=1S/C17H17ClN6O/c1-4-9-24(19-2)13-7-5-12(6-8-13)11-23-15-14(22(3)17(23)25)10-20-16(18)21-15/h4-10H,2,11H2,1,3H3/b9-4-. The van der Waals surface area contributed by atoms with Gasteiger partial charge in [0.2, 0.25) is 5.28 Å². The second-order valence-electron chi connectivity index (χ2n) is 5.41. The molecule has 7 nitrogen and oxygen atoms in total. The van der Waals surface area contributed by atoms with Gasteiger partial charge in [-0.3, -0.25) is 9.13 Å². The molecule has 3 rings (SSSR count). The van der Waals surface area contributed by atoms with Gasteiger partial charge in [-0.1, -0.05) is 18.2 Å². The molecule has 0 amide bonds. The van der Waals surface area contributed by atoms with E-state index in [9.17, 15) is 4.79 Å². The van der Waals surface area contributed by atoms with Gasteiger partial charge in [-0.2, -0.15) is 10.1 Å². The first-order chi connectivity index (χ1) is 12.0. The second-order valence-corrected chi connectivity index (χ2v) is 5.75. The molecule has 0 unspecified atom stereocenters. The van der Waals surface area contributed by atoms with E-state index in [2.05, 4.69) is 21.8 Å². The van der Waals surface area contributed by atoms with Crippen LogP contribution in [0.1, 0.15) is 12.5 Å². The summed E-state index contributed by atoms with van der Waals surface area (Å²) < 4.78 is 3.09. The van der Waals surface area contributed by atoms with E-state index in [-0.39, 0.29) is 11.0 Å². The number of hydrogen-bond acceptors (Lipinski definition) is 5. The zero-order chi connectivity index (χ0) is 18.0. The predicted molar refractivity (Wildman–Crippen MR) is 100 cm³/mol. The summed E-state index contributed by atoms with van der Waals surface area (Å²) >= 11 is 5.88. The summed E-state index contributed by atoms with van der Waals surface area (Å²) in [6, 6.07) is 7.71. The number of benzene rings is 1. The van der Waals surface area contributed by atoms with Crippen molar-refractivity contribution in [2.45, 2.75) is 13.5 Å². The Morgan fingerprint density at radius 2 is 2.08 bits per heavy atom. The highest BCUT2D eigenvalue weighted by molar-refractivity contribution is 6.28. The van der Waals surface area contributed by atoms with Crippen molar-refractivity contribution < 1.29 is 0 Å². The number of fused-ring (bicyclic) bond motifs is 1. The van der Waals surface area contributed by atoms with Gasteiger partial charge in [0.05, 0.1) is 18.4 Å². The zero-order valence-electron chi connectivity index (χ0n) is 13.9. The third-order valence-electron chi connectivity index (χ3n) is 3.84. The lowest BCUT2D eigenvalue weighted by Crippen LogP contribution is -2.22. The number of aryl methyl sites for hydroxylation is 1. The van der Waals surface area contributed by atoms with Crippen LogP contribution in [0.25, 0.3) is 11.2 Å². The number of hydrazone groups is 1. The highest BCUT2D eigenvalue weighted by atomic mass is 35.5. The summed E-state index contributed by atoms with van der Waals surface area (Å²) in [4.78, 5) is 20.6. The fourth-order valence-corrected chi connectivity index (χ4v) is 2.72. The number of allylic oxidation sites excluding steroid dienone is 1. The van der Waals surface area contributed by atoms with E-state index in [4.69, 9.17) is 11.6 Å². The van der Waals surface area contributed by atoms with E-state index >= 15 is 0 Å². The van der Waals surface area contributed by atoms with Crippen molar-refractivity contribution in [3.8, 4) is 0 Å². The quantitative estimate of drug-likeness (QED) is 0.400. The van der Waals surface area contributed by atoms with Crippen LogP contribution < -0.4 is 10.7 Å². The maximum absolute atomic E-state index is 12.5. The lowest BCUT2D eigenvalue weighted by molar-refractivity contribution is 0.731. The number of anilines is 1. The monoisotopic (exact) mass is 356 g/mol. The lowest BCUT2D eigenvalue weighted by Gasteiger charge is -2.13. The van der Waals surface area contributed by atoms with Gasteiger partial charge in [-0.15, -0.1) is 0 Å². The molecule has 1 aromatic carbocycles. The molecular weight excluding hydrogens is 340 g/mol. The van der Waals surface area contributed by atoms with Gasteiger partial charge >= 0.3 is 5.69 Å². The molecule has 0 fully saturated rings. The van der Waals surface area contributed by atoms with Crippen molar-refractivity contribution >= 4 is 35.2 Å². The number of hydrogen-bond donors (Lipinski definition) is 0. The Kier molecular flexibility index (Phi) is 4.67. The Labute approximate surface area is 149 Å². The molecule has 2 heterocycles. The minimum absolute atomic E-state index is 0.112. The Morgan fingerprint density at radius 3 is 2.72 bits per heavy atom. The largest absolute Gasteiger partial charge is 0.330 e. The average Bonchev–Trinajstić information content (AvgIpc) is 2.85. The van der Waals surface area contributed by atoms with Crippen LogP contribution in [-0.2, 0) is 13.6 Å². The first kappa shape index (κ1) is 16.9. The Balaban J connectivity index is 1.97. The van der Waals surface area contributed by atoms with Gasteiger partial charge in [0.15, 0.2) is 5.65 Å². The van der Waals surface area contributed by atoms with Crippen LogP contribution in [-0.4, -0.2) is 25.8 Å². The molecule has 0 N–H and O–H groups in total. The van der Waals surface area contributed by atoms with E-state index in [1.807, 2.05) is 43.5 Å². The summed E-state index contributed by atoms with van der Waals surface area (Å²) in [7, 11) is 1.69. The summed E-state index contributed by atoms with van der Waals surface area (Å²) in [6.45, 7) is 5.85. The molecule has 0 aliphatic heterocycles. The fraction of sp³-hybridized carbons (Fsp3) is 0.176. The van der Waals surface area contributed by atoms with Gasteiger partial charge in [0, 0.05) is 20.0 Å². The van der Waals surface area contributed by atoms with Crippen LogP contribution in [0, 0.1) is 0 Å². The molecular formula is C17H17ClN6O. The van der Waals surface area contributed by atoms with Crippen molar-refractivity contribution in [2.75, 3.05) is 5.01 Å². The van der Waals surface area contributed by atoms with E-state index in [1.54, 1.807) is 22.8 Å². The number of aromatic nitrogens is 4. The van der Waals surface area contributed by atoms with Gasteiger partial charge in [-0.05, 0) is 36.2 Å². The molecule has 128 valence electrons. The van der Waals surface area contributed by atoms with Crippen LogP contribution in [0.4, 0.5) is 5.69 Å². The molecule has 0 bridgehead atoms. The molecule has 0 aliphatic carbocycles. The second kappa shape index (κ2) is 6.90. The van der Waals surface area contributed by atoms with Crippen LogP contribution in [0.5, 0.6) is 0 Å². The van der Waals surface area contributed by atoms with Crippen LogP contribution in [0.3, 0.4) is 0 Å². The van der Waals surface area contributed by atoms with Crippen LogP contribution in [0.15, 0.2) is 52.6 Å². The lowest BCUT2D eigenvalue weighted by atomic mass is 10.2. The molecule has 0 saturated carbocycles. The number of imidazole rings is 1. The molecule has 8 heteroatoms. The van der Waals surface area contributed by atoms with Gasteiger partial charge < -0.3 is 0 Å². The predicted octanol–water partition coefficient (Wildman–Crippen LogP) is 2.79. The van der Waals surface area contributed by atoms with Crippen LogP contribution in [0.2, 0.25) is 5.28 Å². The number of rotatable bonds is 5. The Hall–Kier alpha value is -2.93. The van der Waals surface area contributed by atoms with E-state index in [1.165, 1.54) is 4.57 Å². The minimum atomic E-state index is -0.168. The third kappa shape index (κ3) is 3.18. The topological polar surface area (TPSA) is 68.3 Å². The van der Waals surface area contributed by atoms with E-state index in [0.717, 1.165) is 11.3 Å². The summed E-state index contributed by atoms with van der Waals surface area (Å²) in [5, 5.41) is 5.72. The number of halogens is 1. The smallest absolute Gasteiger partial charge is 0.292 e. The van der Waals surface area contributed by atoms with Gasteiger partial charge in [-0.25, -0.2) is 14.8 Å². The molecule has 2 aromatic heterocycles. The average molecular weight is 357 g/mol. The fourth-order valence-electron chi connectivity index (χ4n) is 2.59. The van der Waals surface area contributed by atoms with Crippen LogP contribution >= 0.6 is 11.6 Å². The minimum Gasteiger partial charge on any atom is -0.292 e. The molecule has 0 saturated heterocycles. The maximum atomic E-state index is 12.5.